The molecule has 1 fully saturated rings. The number of hydrogen-bond donors (Lipinski definition) is 1. The summed E-state index contributed by atoms with van der Waals surface area (Å²) in [7, 11) is 0. The van der Waals surface area contributed by atoms with Crippen LogP contribution in [0.5, 0.6) is 0 Å². The summed E-state index contributed by atoms with van der Waals surface area (Å²) in [6, 6.07) is 8.58. The van der Waals surface area contributed by atoms with Gasteiger partial charge in [0.15, 0.2) is 0 Å². The minimum Gasteiger partial charge on any atom is -0.478 e. The summed E-state index contributed by atoms with van der Waals surface area (Å²) in [6.07, 6.45) is 0.845. The van der Waals surface area contributed by atoms with Crippen LogP contribution in [0.25, 0.3) is 11.3 Å². The Bertz CT molecular complexity index is 804. The van der Waals surface area contributed by atoms with Crippen LogP contribution in [0.4, 0.5) is 0 Å². The first-order valence-electron chi connectivity index (χ1n) is 7.89. The van der Waals surface area contributed by atoms with Crippen LogP contribution in [0, 0.1) is 6.92 Å². The number of aromatic nitrogens is 2. The van der Waals surface area contributed by atoms with Crippen LogP contribution < -0.4 is 0 Å². The molecule has 6 heteroatoms. The van der Waals surface area contributed by atoms with E-state index in [4.69, 9.17) is 5.11 Å². The Morgan fingerprint density at radius 3 is 2.71 bits per heavy atom. The monoisotopic (exact) mass is 325 g/mol. The van der Waals surface area contributed by atoms with Crippen molar-refractivity contribution in [2.75, 3.05) is 13.1 Å². The van der Waals surface area contributed by atoms with Gasteiger partial charge in [0.2, 0.25) is 5.91 Å². The molecular weight excluding hydrogens is 306 g/mol. The minimum atomic E-state index is -0.962. The maximum Gasteiger partial charge on any atom is 0.335 e. The quantitative estimate of drug-likeness (QED) is 0.937. The second-order valence-electron chi connectivity index (χ2n) is 6.09. The molecule has 1 atom stereocenters. The number of carboxylic acid groups (broad SMARTS) is 1. The molecule has 0 aliphatic carbocycles. The topological polar surface area (TPSA) is 83.4 Å². The lowest BCUT2D eigenvalue weighted by Crippen LogP contribution is -2.25. The van der Waals surface area contributed by atoms with E-state index in [0.717, 1.165) is 30.0 Å². The largest absolute Gasteiger partial charge is 0.478 e. The van der Waals surface area contributed by atoms with Crippen LogP contribution in [0.2, 0.25) is 0 Å². The first-order valence-corrected chi connectivity index (χ1v) is 7.89. The van der Waals surface area contributed by atoms with Gasteiger partial charge in [-0.1, -0.05) is 12.1 Å². The second-order valence-corrected chi connectivity index (χ2v) is 6.09. The third-order valence-electron chi connectivity index (χ3n) is 4.28. The van der Waals surface area contributed by atoms with Crippen molar-refractivity contribution in [2.24, 2.45) is 0 Å². The fourth-order valence-corrected chi connectivity index (χ4v) is 2.99. The van der Waals surface area contributed by atoms with Crippen molar-refractivity contribution in [3.05, 3.63) is 47.4 Å². The Morgan fingerprint density at radius 2 is 2.04 bits per heavy atom. The maximum atomic E-state index is 11.5. The fraction of sp³-hybridized carbons (Fsp3) is 0.333. The van der Waals surface area contributed by atoms with Crippen molar-refractivity contribution in [3.63, 3.8) is 0 Å². The predicted molar refractivity (Wildman–Crippen MR) is 88.8 cm³/mol. The van der Waals surface area contributed by atoms with Crippen LogP contribution in [0.15, 0.2) is 30.3 Å². The molecule has 124 valence electrons. The van der Waals surface area contributed by atoms with E-state index in [0.29, 0.717) is 12.2 Å². The highest BCUT2D eigenvalue weighted by Crippen LogP contribution is 2.27. The van der Waals surface area contributed by atoms with Gasteiger partial charge < -0.3 is 10.0 Å². The molecule has 2 aromatic rings. The lowest BCUT2D eigenvalue weighted by molar-refractivity contribution is -0.127. The Hall–Kier alpha value is -2.76. The van der Waals surface area contributed by atoms with Gasteiger partial charge in [0.1, 0.15) is 5.82 Å². The molecule has 6 nitrogen and oxygen atoms in total. The van der Waals surface area contributed by atoms with Crippen molar-refractivity contribution in [1.82, 2.24) is 14.9 Å². The molecule has 1 unspecified atom stereocenters. The number of carboxylic acids is 1. The van der Waals surface area contributed by atoms with Gasteiger partial charge in [0, 0.05) is 37.2 Å². The van der Waals surface area contributed by atoms with E-state index in [2.05, 4.69) is 9.97 Å². The summed E-state index contributed by atoms with van der Waals surface area (Å²) in [5.41, 5.74) is 2.52. The Morgan fingerprint density at radius 1 is 1.25 bits per heavy atom. The van der Waals surface area contributed by atoms with E-state index >= 15 is 0 Å². The molecule has 1 aromatic heterocycles. The molecule has 0 saturated carbocycles. The van der Waals surface area contributed by atoms with E-state index in [1.807, 2.05) is 19.1 Å². The molecule has 2 heterocycles. The number of likely N-dealkylation sites (tertiary alicyclic amines) is 1. The molecule has 1 aliphatic rings. The lowest BCUT2D eigenvalue weighted by Gasteiger charge is -2.14. The molecule has 3 rings (SSSR count). The van der Waals surface area contributed by atoms with Gasteiger partial charge in [0.25, 0.3) is 0 Å². The average molecular weight is 325 g/mol. The Balaban J connectivity index is 1.94. The molecule has 0 radical (unpaired) electrons. The molecule has 1 aliphatic heterocycles. The van der Waals surface area contributed by atoms with Crippen LogP contribution in [0.3, 0.4) is 0 Å². The maximum absolute atomic E-state index is 11.5. The molecule has 1 saturated heterocycles. The van der Waals surface area contributed by atoms with Gasteiger partial charge in [-0.05, 0) is 31.5 Å². The number of aromatic carboxylic acids is 1. The second kappa shape index (κ2) is 6.39. The summed E-state index contributed by atoms with van der Waals surface area (Å²) >= 11 is 0. The van der Waals surface area contributed by atoms with E-state index in [1.54, 1.807) is 30.0 Å². The number of carbonyl (C=O) groups excluding carboxylic acids is 1. The lowest BCUT2D eigenvalue weighted by atomic mass is 10.1. The van der Waals surface area contributed by atoms with E-state index in [9.17, 15) is 9.59 Å². The van der Waals surface area contributed by atoms with Crippen molar-refractivity contribution in [1.29, 1.82) is 0 Å². The zero-order valence-corrected chi connectivity index (χ0v) is 13.7. The highest BCUT2D eigenvalue weighted by Gasteiger charge is 2.27. The fourth-order valence-electron chi connectivity index (χ4n) is 2.99. The first kappa shape index (κ1) is 16.1. The zero-order valence-electron chi connectivity index (χ0n) is 13.7. The average Bonchev–Trinajstić information content (AvgIpc) is 3.05. The number of hydrogen-bond acceptors (Lipinski definition) is 4. The number of amides is 1. The first-order chi connectivity index (χ1) is 11.4. The standard InChI is InChI=1S/C18H19N3O3/c1-11-8-16(13-4-3-5-14(9-13)18(23)24)20-17(19-11)15-6-7-21(10-15)12(2)22/h3-5,8-9,15H,6-7,10H2,1-2H3,(H,23,24). The molecular formula is C18H19N3O3. The van der Waals surface area contributed by atoms with E-state index < -0.39 is 5.97 Å². The smallest absolute Gasteiger partial charge is 0.335 e. The van der Waals surface area contributed by atoms with Gasteiger partial charge in [-0.3, -0.25) is 4.79 Å². The number of benzene rings is 1. The van der Waals surface area contributed by atoms with Gasteiger partial charge in [-0.15, -0.1) is 0 Å². The van der Waals surface area contributed by atoms with Crippen molar-refractivity contribution >= 4 is 11.9 Å². The van der Waals surface area contributed by atoms with Gasteiger partial charge in [-0.2, -0.15) is 0 Å². The Labute approximate surface area is 140 Å². The number of aryl methyl sites for hydroxylation is 1. The number of nitrogens with zero attached hydrogens (tertiary/aromatic N) is 3. The predicted octanol–water partition coefficient (Wildman–Crippen LogP) is 2.49. The molecule has 0 bridgehead atoms. The van der Waals surface area contributed by atoms with Crippen molar-refractivity contribution in [3.8, 4) is 11.3 Å². The SMILES string of the molecule is CC(=O)N1CCC(c2nc(C)cc(-c3cccc(C(=O)O)c3)n2)C1. The third kappa shape index (κ3) is 3.27. The van der Waals surface area contributed by atoms with Crippen LogP contribution in [0.1, 0.15) is 41.1 Å². The van der Waals surface area contributed by atoms with Crippen LogP contribution in [-0.2, 0) is 4.79 Å². The highest BCUT2D eigenvalue weighted by molar-refractivity contribution is 5.89. The highest BCUT2D eigenvalue weighted by atomic mass is 16.4. The summed E-state index contributed by atoms with van der Waals surface area (Å²) < 4.78 is 0. The van der Waals surface area contributed by atoms with Crippen LogP contribution >= 0.6 is 0 Å². The summed E-state index contributed by atoms with van der Waals surface area (Å²) in [4.78, 5) is 33.6. The van der Waals surface area contributed by atoms with E-state index in [-0.39, 0.29) is 17.4 Å². The number of rotatable bonds is 3. The molecule has 1 amide bonds. The third-order valence-corrected chi connectivity index (χ3v) is 4.28. The molecule has 1 aromatic carbocycles. The normalized spacial score (nSPS) is 17.1. The summed E-state index contributed by atoms with van der Waals surface area (Å²) in [5, 5.41) is 9.15. The van der Waals surface area contributed by atoms with Crippen molar-refractivity contribution < 1.29 is 14.7 Å². The van der Waals surface area contributed by atoms with Gasteiger partial charge >= 0.3 is 5.97 Å². The van der Waals surface area contributed by atoms with Crippen LogP contribution in [-0.4, -0.2) is 44.9 Å². The minimum absolute atomic E-state index is 0.0690. The number of carbonyl (C=O) groups is 2. The summed E-state index contributed by atoms with van der Waals surface area (Å²) in [6.45, 7) is 4.82. The molecule has 0 spiro atoms. The van der Waals surface area contributed by atoms with E-state index in [1.165, 1.54) is 0 Å². The van der Waals surface area contributed by atoms with Crippen molar-refractivity contribution in [2.45, 2.75) is 26.2 Å². The zero-order chi connectivity index (χ0) is 17.3. The van der Waals surface area contributed by atoms with Gasteiger partial charge in [0.05, 0.1) is 11.3 Å². The Kier molecular flexibility index (Phi) is 4.29. The molecule has 24 heavy (non-hydrogen) atoms. The molecule has 1 N–H and O–H groups in total. The summed E-state index contributed by atoms with van der Waals surface area (Å²) in [5.74, 6) is -0.0556. The van der Waals surface area contributed by atoms with Gasteiger partial charge in [-0.25, -0.2) is 14.8 Å².